The highest BCUT2D eigenvalue weighted by Crippen LogP contribution is 2.27. The summed E-state index contributed by atoms with van der Waals surface area (Å²) in [5.41, 5.74) is 3.54. The number of aromatic nitrogens is 1. The molecule has 0 bridgehead atoms. The fraction of sp³-hybridized carbons (Fsp3) is 0.179. The molecule has 4 aromatic rings. The van der Waals surface area contributed by atoms with Gasteiger partial charge in [0.25, 0.3) is 17.7 Å². The Morgan fingerprint density at radius 3 is 2.43 bits per heavy atom. The number of rotatable bonds is 7. The van der Waals surface area contributed by atoms with Crippen molar-refractivity contribution in [1.82, 2.24) is 14.4 Å². The van der Waals surface area contributed by atoms with Crippen molar-refractivity contribution in [3.8, 4) is 0 Å². The third-order valence-corrected chi connectivity index (χ3v) is 6.23. The van der Waals surface area contributed by atoms with Gasteiger partial charge >= 0.3 is 0 Å². The number of carbonyl (C=O) groups excluding carboxylic acids is 3. The van der Waals surface area contributed by atoms with Crippen molar-refractivity contribution < 1.29 is 14.4 Å². The lowest BCUT2D eigenvalue weighted by atomic mass is 10.1. The molecule has 7 nitrogen and oxygen atoms in total. The van der Waals surface area contributed by atoms with Gasteiger partial charge in [-0.15, -0.1) is 0 Å². The van der Waals surface area contributed by atoms with Crippen LogP contribution < -0.4 is 5.32 Å². The van der Waals surface area contributed by atoms with E-state index in [0.717, 1.165) is 29.6 Å². The van der Waals surface area contributed by atoms with Crippen molar-refractivity contribution in [2.24, 2.45) is 0 Å². The number of nitrogens with zero attached hydrogens (tertiary/aromatic N) is 3. The van der Waals surface area contributed by atoms with E-state index in [1.165, 1.54) is 11.0 Å². The molecule has 0 fully saturated rings. The van der Waals surface area contributed by atoms with Crippen LogP contribution in [0.4, 0.5) is 5.69 Å². The van der Waals surface area contributed by atoms with Crippen molar-refractivity contribution in [2.75, 3.05) is 26.0 Å². The number of anilines is 1. The summed E-state index contributed by atoms with van der Waals surface area (Å²) in [7, 11) is 4.09. The van der Waals surface area contributed by atoms with Crippen molar-refractivity contribution in [2.45, 2.75) is 13.1 Å². The topological polar surface area (TPSA) is 74.7 Å². The molecule has 5 rings (SSSR count). The van der Waals surface area contributed by atoms with Crippen LogP contribution in [0.2, 0.25) is 0 Å². The van der Waals surface area contributed by atoms with Crippen molar-refractivity contribution in [3.05, 3.63) is 101 Å². The van der Waals surface area contributed by atoms with E-state index in [1.54, 1.807) is 12.1 Å². The summed E-state index contributed by atoms with van der Waals surface area (Å²) in [6.45, 7) is 2.01. The maximum Gasteiger partial charge on any atom is 0.261 e. The van der Waals surface area contributed by atoms with Crippen molar-refractivity contribution >= 4 is 34.3 Å². The van der Waals surface area contributed by atoms with E-state index in [0.29, 0.717) is 16.8 Å². The van der Waals surface area contributed by atoms with Gasteiger partial charge < -0.3 is 14.8 Å². The normalized spacial score (nSPS) is 13.1. The molecule has 7 heteroatoms. The highest BCUT2D eigenvalue weighted by Gasteiger charge is 2.36. The van der Waals surface area contributed by atoms with Crippen LogP contribution >= 0.6 is 0 Å². The number of hydrogen-bond acceptors (Lipinski definition) is 4. The van der Waals surface area contributed by atoms with E-state index < -0.39 is 0 Å². The molecule has 0 atom stereocenters. The highest BCUT2D eigenvalue weighted by atomic mass is 16.2. The van der Waals surface area contributed by atoms with E-state index in [4.69, 9.17) is 0 Å². The van der Waals surface area contributed by atoms with E-state index in [-0.39, 0.29) is 29.8 Å². The molecule has 3 amide bonds. The van der Waals surface area contributed by atoms with E-state index in [1.807, 2.05) is 74.9 Å². The SMILES string of the molecule is CN(C)CCn1ccc2cc(NC(=O)c3ccc4c(c3)C(=O)N(Cc3ccccc3)C4=O)ccc21. The Bertz CT molecular complexity index is 1440. The van der Waals surface area contributed by atoms with Gasteiger partial charge in [0.1, 0.15) is 0 Å². The molecule has 2 heterocycles. The zero-order chi connectivity index (χ0) is 24.5. The Labute approximate surface area is 203 Å². The average molecular weight is 467 g/mol. The predicted molar refractivity (Wildman–Crippen MR) is 136 cm³/mol. The van der Waals surface area contributed by atoms with Gasteiger partial charge in [-0.3, -0.25) is 19.3 Å². The first-order valence-electron chi connectivity index (χ1n) is 11.5. The molecule has 1 N–H and O–H groups in total. The number of carbonyl (C=O) groups is 3. The van der Waals surface area contributed by atoms with Gasteiger partial charge in [0, 0.05) is 41.4 Å². The third kappa shape index (κ3) is 4.46. The van der Waals surface area contributed by atoms with Gasteiger partial charge in [0.15, 0.2) is 0 Å². The molecule has 0 saturated heterocycles. The maximum atomic E-state index is 13.0. The minimum Gasteiger partial charge on any atom is -0.346 e. The standard InChI is InChI=1S/C28H26N4O3/c1-30(2)14-15-31-13-12-20-16-22(9-11-25(20)31)29-26(33)21-8-10-23-24(17-21)28(35)32(27(23)34)18-19-6-4-3-5-7-19/h3-13,16-17H,14-15,18H2,1-2H3,(H,29,33). The molecular weight excluding hydrogens is 440 g/mol. The molecular formula is C28H26N4O3. The lowest BCUT2D eigenvalue weighted by molar-refractivity contribution is 0.0642. The highest BCUT2D eigenvalue weighted by molar-refractivity contribution is 6.22. The molecule has 0 saturated carbocycles. The van der Waals surface area contributed by atoms with Crippen LogP contribution in [-0.4, -0.2) is 52.7 Å². The number of imide groups is 1. The lowest BCUT2D eigenvalue weighted by Crippen LogP contribution is -2.29. The Hall–Kier alpha value is -4.23. The number of amides is 3. The summed E-state index contributed by atoms with van der Waals surface area (Å²) in [5, 5.41) is 3.95. The lowest BCUT2D eigenvalue weighted by Gasteiger charge is -2.13. The number of nitrogens with one attached hydrogen (secondary N) is 1. The molecule has 35 heavy (non-hydrogen) atoms. The van der Waals surface area contributed by atoms with E-state index in [2.05, 4.69) is 14.8 Å². The zero-order valence-electron chi connectivity index (χ0n) is 19.7. The van der Waals surface area contributed by atoms with Crippen LogP contribution in [0.5, 0.6) is 0 Å². The van der Waals surface area contributed by atoms with Gasteiger partial charge in [0.05, 0.1) is 17.7 Å². The molecule has 1 aromatic heterocycles. The monoisotopic (exact) mass is 466 g/mol. The largest absolute Gasteiger partial charge is 0.346 e. The van der Waals surface area contributed by atoms with Crippen molar-refractivity contribution in [3.63, 3.8) is 0 Å². The first-order valence-corrected chi connectivity index (χ1v) is 11.5. The Kier molecular flexibility index (Phi) is 5.93. The minimum absolute atomic E-state index is 0.197. The molecule has 1 aliphatic heterocycles. The molecule has 1 aliphatic rings. The molecule has 0 radical (unpaired) electrons. The van der Waals surface area contributed by atoms with Crippen LogP contribution in [-0.2, 0) is 13.1 Å². The fourth-order valence-electron chi connectivity index (χ4n) is 4.33. The second-order valence-electron chi connectivity index (χ2n) is 8.98. The van der Waals surface area contributed by atoms with Gasteiger partial charge in [-0.2, -0.15) is 0 Å². The van der Waals surface area contributed by atoms with E-state index in [9.17, 15) is 14.4 Å². The molecule has 3 aromatic carbocycles. The molecule has 176 valence electrons. The van der Waals surface area contributed by atoms with E-state index >= 15 is 0 Å². The summed E-state index contributed by atoms with van der Waals surface area (Å²) in [6.07, 6.45) is 2.05. The second kappa shape index (κ2) is 9.19. The van der Waals surface area contributed by atoms with Gasteiger partial charge in [0.2, 0.25) is 0 Å². The van der Waals surface area contributed by atoms with Crippen LogP contribution in [0.1, 0.15) is 36.6 Å². The average Bonchev–Trinajstić information content (AvgIpc) is 3.37. The van der Waals surface area contributed by atoms with Crippen LogP contribution in [0.3, 0.4) is 0 Å². The summed E-state index contributed by atoms with van der Waals surface area (Å²) in [5.74, 6) is -1.06. The molecule has 0 spiro atoms. The third-order valence-electron chi connectivity index (χ3n) is 6.23. The smallest absolute Gasteiger partial charge is 0.261 e. The first-order chi connectivity index (χ1) is 16.9. The second-order valence-corrected chi connectivity index (χ2v) is 8.98. The summed E-state index contributed by atoms with van der Waals surface area (Å²) >= 11 is 0. The number of likely N-dealkylation sites (N-methyl/N-ethyl adjacent to an activating group) is 1. The Balaban J connectivity index is 1.32. The predicted octanol–water partition coefficient (Wildman–Crippen LogP) is 4.25. The van der Waals surface area contributed by atoms with Crippen LogP contribution in [0.15, 0.2) is 79.0 Å². The quantitative estimate of drug-likeness (QED) is 0.413. The summed E-state index contributed by atoms with van der Waals surface area (Å²) in [6, 6.07) is 21.8. The van der Waals surface area contributed by atoms with Crippen LogP contribution in [0.25, 0.3) is 10.9 Å². The first kappa shape index (κ1) is 22.6. The van der Waals surface area contributed by atoms with Gasteiger partial charge in [-0.1, -0.05) is 30.3 Å². The maximum absolute atomic E-state index is 13.0. The number of benzene rings is 3. The van der Waals surface area contributed by atoms with Gasteiger partial charge in [-0.25, -0.2) is 0 Å². The summed E-state index contributed by atoms with van der Waals surface area (Å²) < 4.78 is 2.19. The van der Waals surface area contributed by atoms with Crippen molar-refractivity contribution in [1.29, 1.82) is 0 Å². The van der Waals surface area contributed by atoms with Crippen LogP contribution in [0, 0.1) is 0 Å². The molecule has 0 unspecified atom stereocenters. The number of hydrogen-bond donors (Lipinski definition) is 1. The minimum atomic E-state index is -0.385. The Morgan fingerprint density at radius 2 is 1.66 bits per heavy atom. The molecule has 0 aliphatic carbocycles. The Morgan fingerprint density at radius 1 is 0.886 bits per heavy atom. The zero-order valence-corrected chi connectivity index (χ0v) is 19.7. The van der Waals surface area contributed by atoms with Gasteiger partial charge in [-0.05, 0) is 62.1 Å². The fourth-order valence-corrected chi connectivity index (χ4v) is 4.33. The number of fused-ring (bicyclic) bond motifs is 2. The summed E-state index contributed by atoms with van der Waals surface area (Å²) in [4.78, 5) is 42.1.